The number of pyridine rings is 1. The van der Waals surface area contributed by atoms with Gasteiger partial charge in [-0.1, -0.05) is 16.8 Å². The van der Waals surface area contributed by atoms with Crippen LogP contribution in [-0.4, -0.2) is 16.0 Å². The van der Waals surface area contributed by atoms with Crippen molar-refractivity contribution in [1.29, 1.82) is 0 Å². The average molecular weight is 253 g/mol. The number of nitrogen functional groups attached to an aromatic ring is 1. The number of aromatic nitrogens is 2. The highest BCUT2D eigenvalue weighted by atomic mass is 35.5. The minimum Gasteiger partial charge on any atom is -0.397 e. The average Bonchev–Trinajstić information content (AvgIpc) is 2.82. The van der Waals surface area contributed by atoms with Crippen LogP contribution in [-0.2, 0) is 6.54 Å². The molecule has 0 aliphatic carbocycles. The highest BCUT2D eigenvalue weighted by Gasteiger charge is 2.12. The summed E-state index contributed by atoms with van der Waals surface area (Å²) >= 11 is 5.79. The first-order valence-corrected chi connectivity index (χ1v) is 5.13. The third-order valence-electron chi connectivity index (χ3n) is 2.02. The van der Waals surface area contributed by atoms with Crippen LogP contribution in [0.4, 0.5) is 5.69 Å². The highest BCUT2D eigenvalue weighted by Crippen LogP contribution is 2.15. The van der Waals surface area contributed by atoms with E-state index in [9.17, 15) is 4.79 Å². The van der Waals surface area contributed by atoms with Crippen LogP contribution < -0.4 is 11.1 Å². The molecule has 3 N–H and O–H groups in total. The Morgan fingerprint density at radius 2 is 2.41 bits per heavy atom. The number of halogens is 1. The molecule has 7 heteroatoms. The van der Waals surface area contributed by atoms with Gasteiger partial charge in [0, 0.05) is 6.07 Å². The summed E-state index contributed by atoms with van der Waals surface area (Å²) in [4.78, 5) is 15.5. The largest absolute Gasteiger partial charge is 0.397 e. The van der Waals surface area contributed by atoms with Crippen LogP contribution in [0.25, 0.3) is 0 Å². The van der Waals surface area contributed by atoms with Crippen molar-refractivity contribution in [3.63, 3.8) is 0 Å². The summed E-state index contributed by atoms with van der Waals surface area (Å²) in [5, 5.41) is 6.24. The summed E-state index contributed by atoms with van der Waals surface area (Å²) in [5.74, 6) is 0.178. The fourth-order valence-corrected chi connectivity index (χ4v) is 1.41. The zero-order chi connectivity index (χ0) is 12.3. The third-order valence-corrected chi connectivity index (χ3v) is 2.32. The molecule has 0 aliphatic heterocycles. The van der Waals surface area contributed by atoms with Gasteiger partial charge in [0.1, 0.15) is 5.15 Å². The molecule has 0 aromatic carbocycles. The van der Waals surface area contributed by atoms with Crippen LogP contribution in [0.1, 0.15) is 16.1 Å². The molecule has 2 rings (SSSR count). The molecule has 2 heterocycles. The normalized spacial score (nSPS) is 10.2. The second kappa shape index (κ2) is 4.84. The van der Waals surface area contributed by atoms with Gasteiger partial charge in [-0.15, -0.1) is 0 Å². The van der Waals surface area contributed by atoms with Gasteiger partial charge in [-0.25, -0.2) is 4.98 Å². The molecule has 0 saturated heterocycles. The molecule has 0 radical (unpaired) electrons. The summed E-state index contributed by atoms with van der Waals surface area (Å²) in [6.07, 6.45) is 2.88. The Morgan fingerprint density at radius 3 is 3.12 bits per heavy atom. The van der Waals surface area contributed by atoms with E-state index in [1.165, 1.54) is 18.5 Å². The van der Waals surface area contributed by atoms with Gasteiger partial charge in [0.25, 0.3) is 5.91 Å². The number of amides is 1. The van der Waals surface area contributed by atoms with E-state index in [1.807, 2.05) is 0 Å². The Hall–Kier alpha value is -2.08. The van der Waals surface area contributed by atoms with Gasteiger partial charge in [-0.2, -0.15) is 0 Å². The van der Waals surface area contributed by atoms with E-state index < -0.39 is 0 Å². The van der Waals surface area contributed by atoms with E-state index in [2.05, 4.69) is 15.5 Å². The summed E-state index contributed by atoms with van der Waals surface area (Å²) in [5.41, 5.74) is 6.13. The van der Waals surface area contributed by atoms with Crippen LogP contribution in [0, 0.1) is 0 Å². The molecule has 0 spiro atoms. The number of nitrogens with zero attached hydrogens (tertiary/aromatic N) is 2. The van der Waals surface area contributed by atoms with Crippen LogP contribution in [0.15, 0.2) is 29.0 Å². The molecule has 0 saturated carbocycles. The molecule has 0 aliphatic rings. The summed E-state index contributed by atoms with van der Waals surface area (Å²) in [7, 11) is 0. The van der Waals surface area contributed by atoms with E-state index in [1.54, 1.807) is 6.07 Å². The number of nitrogens with two attached hydrogens (primary N) is 1. The molecule has 6 nitrogen and oxygen atoms in total. The number of hydrogen-bond donors (Lipinski definition) is 2. The van der Waals surface area contributed by atoms with Crippen molar-refractivity contribution >= 4 is 23.2 Å². The fraction of sp³-hybridized carbons (Fsp3) is 0.100. The zero-order valence-electron chi connectivity index (χ0n) is 8.68. The number of hydrogen-bond acceptors (Lipinski definition) is 5. The van der Waals surface area contributed by atoms with Crippen molar-refractivity contribution in [2.45, 2.75) is 6.54 Å². The van der Waals surface area contributed by atoms with E-state index in [0.717, 1.165) is 0 Å². The summed E-state index contributed by atoms with van der Waals surface area (Å²) < 4.78 is 4.84. The van der Waals surface area contributed by atoms with Gasteiger partial charge in [-0.05, 0) is 6.07 Å². The monoisotopic (exact) mass is 252 g/mol. The molecule has 0 fully saturated rings. The topological polar surface area (TPSA) is 94.0 Å². The summed E-state index contributed by atoms with van der Waals surface area (Å²) in [6.45, 7) is 0.226. The Labute approximate surface area is 102 Å². The van der Waals surface area contributed by atoms with Gasteiger partial charge in [0.15, 0.2) is 5.76 Å². The molecular formula is C10H9ClN4O2. The van der Waals surface area contributed by atoms with Gasteiger partial charge in [0.05, 0.1) is 30.2 Å². The van der Waals surface area contributed by atoms with Gasteiger partial charge < -0.3 is 15.6 Å². The lowest BCUT2D eigenvalue weighted by molar-refractivity contribution is 0.0947. The number of nitrogens with one attached hydrogen (secondary N) is 1. The number of carbonyl (C=O) groups excluding carboxylic acids is 1. The van der Waals surface area contributed by atoms with E-state index >= 15 is 0 Å². The van der Waals surface area contributed by atoms with Crippen LogP contribution in [0.2, 0.25) is 5.15 Å². The van der Waals surface area contributed by atoms with Gasteiger partial charge in [-0.3, -0.25) is 4.79 Å². The standard InChI is InChI=1S/C10H9ClN4O2/c11-9-8(3-6(12)4-13-9)10(16)14-5-7-1-2-15-17-7/h1-4H,5,12H2,(H,14,16). The van der Waals surface area contributed by atoms with Crippen molar-refractivity contribution in [3.05, 3.63) is 41.0 Å². The molecule has 88 valence electrons. The smallest absolute Gasteiger partial charge is 0.254 e. The van der Waals surface area contributed by atoms with Crippen molar-refractivity contribution in [3.8, 4) is 0 Å². The Balaban J connectivity index is 2.07. The first-order valence-electron chi connectivity index (χ1n) is 4.75. The van der Waals surface area contributed by atoms with Gasteiger partial charge in [0.2, 0.25) is 0 Å². The second-order valence-electron chi connectivity index (χ2n) is 3.27. The molecule has 0 unspecified atom stereocenters. The third kappa shape index (κ3) is 2.73. The predicted octanol–water partition coefficient (Wildman–Crippen LogP) is 1.24. The molecular weight excluding hydrogens is 244 g/mol. The Bertz CT molecular complexity index is 527. The van der Waals surface area contributed by atoms with E-state index in [0.29, 0.717) is 11.4 Å². The minimum atomic E-state index is -0.369. The molecule has 2 aromatic heterocycles. The first kappa shape index (κ1) is 11.4. The minimum absolute atomic E-state index is 0.106. The molecule has 17 heavy (non-hydrogen) atoms. The lowest BCUT2D eigenvalue weighted by atomic mass is 10.2. The maximum Gasteiger partial charge on any atom is 0.254 e. The highest BCUT2D eigenvalue weighted by molar-refractivity contribution is 6.32. The number of anilines is 1. The second-order valence-corrected chi connectivity index (χ2v) is 3.63. The molecule has 1 amide bonds. The van der Waals surface area contributed by atoms with Crippen LogP contribution >= 0.6 is 11.6 Å². The Kier molecular flexibility index (Phi) is 3.24. The molecule has 0 atom stereocenters. The zero-order valence-corrected chi connectivity index (χ0v) is 9.44. The first-order chi connectivity index (χ1) is 8.16. The van der Waals surface area contributed by atoms with E-state index in [-0.39, 0.29) is 23.2 Å². The maximum absolute atomic E-state index is 11.8. The maximum atomic E-state index is 11.8. The van der Waals surface area contributed by atoms with Crippen molar-refractivity contribution in [2.75, 3.05) is 5.73 Å². The molecule has 2 aromatic rings. The van der Waals surface area contributed by atoms with E-state index in [4.69, 9.17) is 21.9 Å². The predicted molar refractivity (Wildman–Crippen MR) is 61.3 cm³/mol. The van der Waals surface area contributed by atoms with Crippen LogP contribution in [0.3, 0.4) is 0 Å². The van der Waals surface area contributed by atoms with Crippen molar-refractivity contribution < 1.29 is 9.32 Å². The van der Waals surface area contributed by atoms with Crippen LogP contribution in [0.5, 0.6) is 0 Å². The molecule has 0 bridgehead atoms. The van der Waals surface area contributed by atoms with Crippen molar-refractivity contribution in [1.82, 2.24) is 15.5 Å². The van der Waals surface area contributed by atoms with Crippen molar-refractivity contribution in [2.24, 2.45) is 0 Å². The Morgan fingerprint density at radius 1 is 1.59 bits per heavy atom. The lowest BCUT2D eigenvalue weighted by Gasteiger charge is -2.05. The lowest BCUT2D eigenvalue weighted by Crippen LogP contribution is -2.23. The SMILES string of the molecule is Nc1cnc(Cl)c(C(=O)NCc2ccno2)c1. The fourth-order valence-electron chi connectivity index (χ4n) is 1.22. The number of carbonyl (C=O) groups is 1. The summed E-state index contributed by atoms with van der Waals surface area (Å²) in [6, 6.07) is 3.12. The quantitative estimate of drug-likeness (QED) is 0.802. The number of rotatable bonds is 3. The van der Waals surface area contributed by atoms with Gasteiger partial charge >= 0.3 is 0 Å².